The summed E-state index contributed by atoms with van der Waals surface area (Å²) in [6.45, 7) is 0.612. The molecule has 1 heterocycles. The monoisotopic (exact) mass is 218 g/mol. The largest absolute Gasteiger partial charge is 0.434 e. The molecule has 1 aromatic heterocycles. The van der Waals surface area contributed by atoms with Crippen LogP contribution >= 0.6 is 0 Å². The molecule has 0 saturated carbocycles. The van der Waals surface area contributed by atoms with Gasteiger partial charge in [0, 0.05) is 6.42 Å². The molecule has 0 bridgehead atoms. The number of carbonyl (C=O) groups is 1. The quantitative estimate of drug-likeness (QED) is 0.616. The molecule has 0 aliphatic heterocycles. The highest BCUT2D eigenvalue weighted by Gasteiger charge is 2.13. The maximum atomic E-state index is 11.7. The molecule has 2 aromatic rings. The van der Waals surface area contributed by atoms with Crippen LogP contribution in [0.1, 0.15) is 29.9 Å². The maximum Gasteiger partial charge on any atom is 0.264 e. The lowest BCUT2D eigenvalue weighted by Crippen LogP contribution is -2.02. The van der Waals surface area contributed by atoms with E-state index in [2.05, 4.69) is 4.98 Å². The smallest absolute Gasteiger partial charge is 0.264 e. The average Bonchev–Trinajstić information content (AvgIpc) is 2.73. The van der Waals surface area contributed by atoms with Crippen molar-refractivity contribution in [1.29, 1.82) is 0 Å². The number of carbonyl (C=O) groups excluding carboxylic acids is 1. The van der Waals surface area contributed by atoms with E-state index in [0.717, 1.165) is 18.4 Å². The van der Waals surface area contributed by atoms with E-state index < -0.39 is 0 Å². The van der Waals surface area contributed by atoms with Gasteiger partial charge in [0.25, 0.3) is 5.89 Å². The summed E-state index contributed by atoms with van der Waals surface area (Å²) in [6.07, 6.45) is 2.09. The number of ketones is 1. The molecule has 4 nitrogen and oxygen atoms in total. The molecule has 4 heteroatoms. The van der Waals surface area contributed by atoms with Crippen LogP contribution in [-0.2, 0) is 0 Å². The van der Waals surface area contributed by atoms with Crippen LogP contribution in [0.15, 0.2) is 28.7 Å². The molecule has 0 atom stereocenters. The summed E-state index contributed by atoms with van der Waals surface area (Å²) in [7, 11) is 0. The van der Waals surface area contributed by atoms with Crippen LogP contribution in [0.5, 0.6) is 0 Å². The van der Waals surface area contributed by atoms with E-state index in [1.54, 1.807) is 6.07 Å². The number of Topliss-reactive ketones (excluding diaryl/α,β-unsaturated/α-hetero) is 1. The molecule has 0 aliphatic rings. The maximum absolute atomic E-state index is 11.7. The highest BCUT2D eigenvalue weighted by molar-refractivity contribution is 5.94. The van der Waals surface area contributed by atoms with Crippen LogP contribution in [0.25, 0.3) is 11.1 Å². The van der Waals surface area contributed by atoms with E-state index in [9.17, 15) is 4.79 Å². The SMILES string of the molecule is NCCCCC(=O)c1nc2ccccc2o1. The number of hydrogen-bond donors (Lipinski definition) is 1. The Hall–Kier alpha value is -1.68. The summed E-state index contributed by atoms with van der Waals surface area (Å²) in [5.41, 5.74) is 6.75. The van der Waals surface area contributed by atoms with Crippen molar-refractivity contribution < 1.29 is 9.21 Å². The summed E-state index contributed by atoms with van der Waals surface area (Å²) >= 11 is 0. The fourth-order valence-corrected chi connectivity index (χ4v) is 1.53. The highest BCUT2D eigenvalue weighted by Crippen LogP contribution is 2.16. The minimum absolute atomic E-state index is 0.0513. The molecular formula is C12H14N2O2. The second-order valence-electron chi connectivity index (χ2n) is 3.66. The van der Waals surface area contributed by atoms with Crippen LogP contribution in [0, 0.1) is 0 Å². The molecule has 0 spiro atoms. The van der Waals surface area contributed by atoms with E-state index in [-0.39, 0.29) is 11.7 Å². The number of aromatic nitrogens is 1. The predicted molar refractivity (Wildman–Crippen MR) is 61.2 cm³/mol. The molecule has 0 amide bonds. The lowest BCUT2D eigenvalue weighted by molar-refractivity contribution is 0.0948. The van der Waals surface area contributed by atoms with Gasteiger partial charge in [0.15, 0.2) is 5.58 Å². The minimum atomic E-state index is -0.0513. The molecule has 2 rings (SSSR count). The summed E-state index contributed by atoms with van der Waals surface area (Å²) in [5, 5.41) is 0. The second-order valence-corrected chi connectivity index (χ2v) is 3.66. The molecule has 1 aromatic carbocycles. The topological polar surface area (TPSA) is 69.1 Å². The third kappa shape index (κ3) is 2.28. The van der Waals surface area contributed by atoms with Gasteiger partial charge >= 0.3 is 0 Å². The summed E-state index contributed by atoms with van der Waals surface area (Å²) in [4.78, 5) is 15.8. The van der Waals surface area contributed by atoms with Gasteiger partial charge in [-0.3, -0.25) is 4.79 Å². The van der Waals surface area contributed by atoms with E-state index in [4.69, 9.17) is 10.2 Å². The summed E-state index contributed by atoms with van der Waals surface area (Å²) in [6, 6.07) is 7.36. The van der Waals surface area contributed by atoms with Crippen molar-refractivity contribution in [3.05, 3.63) is 30.2 Å². The molecule has 0 radical (unpaired) electrons. The molecule has 0 aliphatic carbocycles. The normalized spacial score (nSPS) is 10.8. The Morgan fingerprint density at radius 1 is 1.31 bits per heavy atom. The molecule has 84 valence electrons. The number of fused-ring (bicyclic) bond motifs is 1. The van der Waals surface area contributed by atoms with Gasteiger partial charge < -0.3 is 10.2 Å². The molecule has 0 fully saturated rings. The molecule has 2 N–H and O–H groups in total. The number of nitrogens with two attached hydrogens (primary N) is 1. The van der Waals surface area contributed by atoms with Gasteiger partial charge in [0.05, 0.1) is 0 Å². The minimum Gasteiger partial charge on any atom is -0.434 e. The number of unbranched alkanes of at least 4 members (excludes halogenated alkanes) is 1. The Bertz CT molecular complexity index is 457. The van der Waals surface area contributed by atoms with Crippen molar-refractivity contribution in [3.8, 4) is 0 Å². The van der Waals surface area contributed by atoms with Gasteiger partial charge in [-0.15, -0.1) is 0 Å². The van der Waals surface area contributed by atoms with Gasteiger partial charge in [0.2, 0.25) is 5.78 Å². The predicted octanol–water partition coefficient (Wildman–Crippen LogP) is 2.14. The molecular weight excluding hydrogens is 204 g/mol. The number of rotatable bonds is 5. The van der Waals surface area contributed by atoms with Crippen molar-refractivity contribution in [2.45, 2.75) is 19.3 Å². The first-order chi connectivity index (χ1) is 7.81. The number of oxazole rings is 1. The van der Waals surface area contributed by atoms with Crippen molar-refractivity contribution in [2.24, 2.45) is 5.73 Å². The Morgan fingerprint density at radius 3 is 2.88 bits per heavy atom. The zero-order valence-corrected chi connectivity index (χ0v) is 8.98. The summed E-state index contributed by atoms with van der Waals surface area (Å²) in [5.74, 6) is 0.155. The van der Waals surface area contributed by atoms with Crippen LogP contribution in [0.4, 0.5) is 0 Å². The van der Waals surface area contributed by atoms with Crippen molar-refractivity contribution in [3.63, 3.8) is 0 Å². The zero-order chi connectivity index (χ0) is 11.4. The average molecular weight is 218 g/mol. The first kappa shape index (κ1) is 10.8. The van der Waals surface area contributed by atoms with Gasteiger partial charge in [0.1, 0.15) is 5.52 Å². The Kier molecular flexibility index (Phi) is 3.31. The number of nitrogens with zero attached hydrogens (tertiary/aromatic N) is 1. The van der Waals surface area contributed by atoms with E-state index >= 15 is 0 Å². The third-order valence-corrected chi connectivity index (χ3v) is 2.39. The van der Waals surface area contributed by atoms with Crippen molar-refractivity contribution >= 4 is 16.9 Å². The van der Waals surface area contributed by atoms with E-state index in [1.807, 2.05) is 18.2 Å². The first-order valence-electron chi connectivity index (χ1n) is 5.40. The number of hydrogen-bond acceptors (Lipinski definition) is 4. The fraction of sp³-hybridized carbons (Fsp3) is 0.333. The van der Waals surface area contributed by atoms with Gasteiger partial charge in [-0.2, -0.15) is 0 Å². The number of benzene rings is 1. The number of para-hydroxylation sites is 2. The van der Waals surface area contributed by atoms with Gasteiger partial charge in [-0.05, 0) is 31.5 Å². The highest BCUT2D eigenvalue weighted by atomic mass is 16.4. The molecule has 0 unspecified atom stereocenters. The molecule has 16 heavy (non-hydrogen) atoms. The van der Waals surface area contributed by atoms with Crippen LogP contribution in [-0.4, -0.2) is 17.3 Å². The Labute approximate surface area is 93.5 Å². The van der Waals surface area contributed by atoms with E-state index in [0.29, 0.717) is 18.5 Å². The Morgan fingerprint density at radius 2 is 2.12 bits per heavy atom. The van der Waals surface area contributed by atoms with Crippen molar-refractivity contribution in [1.82, 2.24) is 4.98 Å². The van der Waals surface area contributed by atoms with Crippen LogP contribution < -0.4 is 5.73 Å². The second kappa shape index (κ2) is 4.90. The third-order valence-electron chi connectivity index (χ3n) is 2.39. The lowest BCUT2D eigenvalue weighted by atomic mass is 10.2. The standard InChI is InChI=1S/C12H14N2O2/c13-8-4-3-6-10(15)12-14-9-5-1-2-7-11(9)16-12/h1-2,5,7H,3-4,6,8,13H2. The first-order valence-corrected chi connectivity index (χ1v) is 5.40. The van der Waals surface area contributed by atoms with Gasteiger partial charge in [-0.25, -0.2) is 4.98 Å². The Balaban J connectivity index is 2.11. The molecule has 0 saturated heterocycles. The fourth-order valence-electron chi connectivity index (χ4n) is 1.53. The summed E-state index contributed by atoms with van der Waals surface area (Å²) < 4.78 is 5.37. The van der Waals surface area contributed by atoms with Gasteiger partial charge in [-0.1, -0.05) is 12.1 Å². The lowest BCUT2D eigenvalue weighted by Gasteiger charge is -1.94. The van der Waals surface area contributed by atoms with Crippen molar-refractivity contribution in [2.75, 3.05) is 6.54 Å². The zero-order valence-electron chi connectivity index (χ0n) is 8.98. The van der Waals surface area contributed by atoms with Crippen LogP contribution in [0.3, 0.4) is 0 Å². The van der Waals surface area contributed by atoms with E-state index in [1.165, 1.54) is 0 Å². The van der Waals surface area contributed by atoms with Crippen LogP contribution in [0.2, 0.25) is 0 Å².